The predicted octanol–water partition coefficient (Wildman–Crippen LogP) is 3.07. The first kappa shape index (κ1) is 18.0. The van der Waals surface area contributed by atoms with E-state index in [4.69, 9.17) is 0 Å². The van der Waals surface area contributed by atoms with Crippen LogP contribution in [0.15, 0.2) is 0 Å². The Morgan fingerprint density at radius 3 is 2.72 bits per heavy atom. The van der Waals surface area contributed by atoms with Crippen LogP contribution in [0.3, 0.4) is 0 Å². The molecule has 0 spiro atoms. The normalized spacial score (nSPS) is 18.0. The maximum atomic E-state index is 12.5. The Balaban J connectivity index is 1.55. The largest absolute Gasteiger partial charge is 0.336 e. The molecule has 3 rings (SSSR count). The number of carbonyl (C=O) groups is 2. The fraction of sp³-hybridized carbons (Fsp3) is 0.706. The lowest BCUT2D eigenvalue weighted by atomic mass is 9.96. The van der Waals surface area contributed by atoms with E-state index in [9.17, 15) is 9.59 Å². The Morgan fingerprint density at radius 2 is 2.00 bits per heavy atom. The van der Waals surface area contributed by atoms with E-state index in [0.29, 0.717) is 24.3 Å². The average Bonchev–Trinajstić information content (AvgIpc) is 2.95. The maximum Gasteiger partial charge on any atom is 0.321 e. The Morgan fingerprint density at radius 1 is 1.24 bits per heavy atom. The van der Waals surface area contributed by atoms with Gasteiger partial charge in [-0.05, 0) is 26.7 Å². The highest BCUT2D eigenvalue weighted by atomic mass is 32.1. The molecule has 2 heterocycles. The Hall–Kier alpha value is -1.83. The standard InChI is InChI=1S/C17H27N5O2S/c1-11(2)18-15(23)21-16-20-13-8-9-22(10-14(13)25-16)17(24)19-12-6-4-3-5-7-12/h11-12H,3-10H2,1-2H3,(H,19,24)(H2,18,20,21,23). The molecule has 7 nitrogen and oxygen atoms in total. The topological polar surface area (TPSA) is 86.4 Å². The predicted molar refractivity (Wildman–Crippen MR) is 98.9 cm³/mol. The first-order valence-corrected chi connectivity index (χ1v) is 9.94. The summed E-state index contributed by atoms with van der Waals surface area (Å²) in [6, 6.07) is 0.181. The number of nitrogens with zero attached hydrogens (tertiary/aromatic N) is 2. The van der Waals surface area contributed by atoms with E-state index in [1.807, 2.05) is 18.7 Å². The summed E-state index contributed by atoms with van der Waals surface area (Å²) in [6.45, 7) is 5.07. The number of anilines is 1. The summed E-state index contributed by atoms with van der Waals surface area (Å²) in [7, 11) is 0. The highest BCUT2D eigenvalue weighted by Crippen LogP contribution is 2.28. The van der Waals surface area contributed by atoms with E-state index in [0.717, 1.165) is 29.8 Å². The molecule has 25 heavy (non-hydrogen) atoms. The van der Waals surface area contributed by atoms with E-state index in [1.165, 1.54) is 30.6 Å². The lowest BCUT2D eigenvalue weighted by molar-refractivity contribution is 0.185. The lowest BCUT2D eigenvalue weighted by Gasteiger charge is -2.30. The molecule has 0 atom stereocenters. The summed E-state index contributed by atoms with van der Waals surface area (Å²) in [4.78, 5) is 31.7. The van der Waals surface area contributed by atoms with Gasteiger partial charge in [0.2, 0.25) is 0 Å². The van der Waals surface area contributed by atoms with Crippen molar-refractivity contribution in [3.8, 4) is 0 Å². The van der Waals surface area contributed by atoms with Crippen LogP contribution in [-0.2, 0) is 13.0 Å². The third kappa shape index (κ3) is 4.84. The summed E-state index contributed by atoms with van der Waals surface area (Å²) in [6.07, 6.45) is 6.60. The third-order valence-corrected chi connectivity index (χ3v) is 5.59. The fourth-order valence-corrected chi connectivity index (χ4v) is 4.35. The molecule has 1 aliphatic carbocycles. The number of fused-ring (bicyclic) bond motifs is 1. The fourth-order valence-electron chi connectivity index (χ4n) is 3.33. The van der Waals surface area contributed by atoms with Gasteiger partial charge in [0.1, 0.15) is 0 Å². The van der Waals surface area contributed by atoms with Crippen LogP contribution in [-0.4, -0.2) is 40.6 Å². The van der Waals surface area contributed by atoms with Crippen LogP contribution in [0.25, 0.3) is 0 Å². The van der Waals surface area contributed by atoms with Gasteiger partial charge < -0.3 is 15.5 Å². The van der Waals surface area contributed by atoms with Crippen molar-refractivity contribution >= 4 is 28.5 Å². The monoisotopic (exact) mass is 365 g/mol. The van der Waals surface area contributed by atoms with Gasteiger partial charge >= 0.3 is 12.1 Å². The quantitative estimate of drug-likeness (QED) is 0.769. The molecule has 3 N–H and O–H groups in total. The highest BCUT2D eigenvalue weighted by Gasteiger charge is 2.26. The van der Waals surface area contributed by atoms with Crippen molar-refractivity contribution in [3.63, 3.8) is 0 Å². The number of amides is 4. The van der Waals surface area contributed by atoms with E-state index in [1.54, 1.807) is 0 Å². The SMILES string of the molecule is CC(C)NC(=O)Nc1nc2c(s1)CN(C(=O)NC1CCCCC1)CC2. The summed E-state index contributed by atoms with van der Waals surface area (Å²) < 4.78 is 0. The van der Waals surface area contributed by atoms with E-state index < -0.39 is 0 Å². The Labute approximate surface area is 152 Å². The first-order valence-electron chi connectivity index (χ1n) is 9.13. The average molecular weight is 366 g/mol. The molecule has 8 heteroatoms. The van der Waals surface area contributed by atoms with Gasteiger partial charge in [0.25, 0.3) is 0 Å². The molecule has 0 radical (unpaired) electrons. The maximum absolute atomic E-state index is 12.5. The minimum Gasteiger partial charge on any atom is -0.336 e. The van der Waals surface area contributed by atoms with Gasteiger partial charge in [-0.2, -0.15) is 0 Å². The lowest BCUT2D eigenvalue weighted by Crippen LogP contribution is -2.47. The molecular formula is C17H27N5O2S. The molecule has 2 aliphatic rings. The van der Waals surface area contributed by atoms with Gasteiger partial charge in [-0.1, -0.05) is 30.6 Å². The van der Waals surface area contributed by atoms with Gasteiger partial charge in [0.05, 0.1) is 12.2 Å². The second kappa shape index (κ2) is 8.03. The van der Waals surface area contributed by atoms with Crippen LogP contribution in [0.1, 0.15) is 56.5 Å². The number of carbonyl (C=O) groups excluding carboxylic acids is 2. The zero-order valence-corrected chi connectivity index (χ0v) is 15.7. The number of thiazole rings is 1. The number of hydrogen-bond acceptors (Lipinski definition) is 4. The number of hydrogen-bond donors (Lipinski definition) is 3. The van der Waals surface area contributed by atoms with E-state index >= 15 is 0 Å². The second-order valence-electron chi connectivity index (χ2n) is 7.10. The minimum absolute atomic E-state index is 0.0259. The van der Waals surface area contributed by atoms with Crippen molar-refractivity contribution in [2.45, 2.75) is 71.0 Å². The summed E-state index contributed by atoms with van der Waals surface area (Å²) in [5.41, 5.74) is 0.992. The molecule has 138 valence electrons. The second-order valence-corrected chi connectivity index (χ2v) is 8.18. The van der Waals surface area contributed by atoms with Gasteiger partial charge in [-0.25, -0.2) is 14.6 Å². The van der Waals surface area contributed by atoms with Crippen molar-refractivity contribution in [1.29, 1.82) is 0 Å². The molecule has 1 aromatic rings. The van der Waals surface area contributed by atoms with Crippen molar-refractivity contribution < 1.29 is 9.59 Å². The highest BCUT2D eigenvalue weighted by molar-refractivity contribution is 7.15. The number of rotatable bonds is 3. The molecule has 4 amide bonds. The number of nitrogens with one attached hydrogen (secondary N) is 3. The van der Waals surface area contributed by atoms with Crippen molar-refractivity contribution in [1.82, 2.24) is 20.5 Å². The molecule has 1 aliphatic heterocycles. The number of urea groups is 2. The molecule has 0 unspecified atom stereocenters. The van der Waals surface area contributed by atoms with Crippen LogP contribution in [0.4, 0.5) is 14.7 Å². The van der Waals surface area contributed by atoms with Crippen LogP contribution >= 0.6 is 11.3 Å². The van der Waals surface area contributed by atoms with E-state index in [-0.39, 0.29) is 18.1 Å². The third-order valence-electron chi connectivity index (χ3n) is 4.59. The molecule has 0 bridgehead atoms. The van der Waals surface area contributed by atoms with Crippen LogP contribution < -0.4 is 16.0 Å². The van der Waals surface area contributed by atoms with Gasteiger partial charge in [-0.3, -0.25) is 5.32 Å². The van der Waals surface area contributed by atoms with Gasteiger partial charge in [0, 0.05) is 29.9 Å². The summed E-state index contributed by atoms with van der Waals surface area (Å²) in [5.74, 6) is 0. The summed E-state index contributed by atoms with van der Waals surface area (Å²) >= 11 is 1.45. The van der Waals surface area contributed by atoms with Gasteiger partial charge in [0.15, 0.2) is 5.13 Å². The minimum atomic E-state index is -0.243. The zero-order valence-electron chi connectivity index (χ0n) is 14.9. The molecule has 1 aromatic heterocycles. The summed E-state index contributed by atoms with van der Waals surface area (Å²) in [5, 5.41) is 9.33. The van der Waals surface area contributed by atoms with Crippen LogP contribution in [0, 0.1) is 0 Å². The van der Waals surface area contributed by atoms with Crippen molar-refractivity contribution in [3.05, 3.63) is 10.6 Å². The van der Waals surface area contributed by atoms with Crippen molar-refractivity contribution in [2.24, 2.45) is 0 Å². The van der Waals surface area contributed by atoms with E-state index in [2.05, 4.69) is 20.9 Å². The molecule has 1 saturated carbocycles. The van der Waals surface area contributed by atoms with Crippen LogP contribution in [0.5, 0.6) is 0 Å². The van der Waals surface area contributed by atoms with Crippen molar-refractivity contribution in [2.75, 3.05) is 11.9 Å². The van der Waals surface area contributed by atoms with Gasteiger partial charge in [-0.15, -0.1) is 0 Å². The molecule has 0 aromatic carbocycles. The molecule has 1 fully saturated rings. The zero-order chi connectivity index (χ0) is 17.8. The Bertz CT molecular complexity index is 625. The molecular weight excluding hydrogens is 338 g/mol. The first-order chi connectivity index (χ1) is 12.0. The molecule has 0 saturated heterocycles. The smallest absolute Gasteiger partial charge is 0.321 e. The number of aromatic nitrogens is 1. The Kier molecular flexibility index (Phi) is 5.78. The van der Waals surface area contributed by atoms with Crippen LogP contribution in [0.2, 0.25) is 0 Å².